The van der Waals surface area contributed by atoms with Crippen LogP contribution in [0, 0.1) is 5.92 Å². The molecule has 28 heavy (non-hydrogen) atoms. The van der Waals surface area contributed by atoms with Crippen molar-refractivity contribution in [3.8, 4) is 17.2 Å². The fourth-order valence-electron chi connectivity index (χ4n) is 4.51. The number of aliphatic hydroxyl groups is 3. The lowest BCUT2D eigenvalue weighted by Crippen LogP contribution is -2.59. The Morgan fingerprint density at radius 1 is 1.07 bits per heavy atom. The van der Waals surface area contributed by atoms with Gasteiger partial charge in [0, 0.05) is 5.92 Å². The largest absolute Gasteiger partial charge is 0.493 e. The van der Waals surface area contributed by atoms with Gasteiger partial charge in [-0.2, -0.15) is 0 Å². The van der Waals surface area contributed by atoms with Crippen LogP contribution in [0.15, 0.2) is 12.1 Å². The quantitative estimate of drug-likeness (QED) is 0.498. The van der Waals surface area contributed by atoms with Crippen LogP contribution in [0.2, 0.25) is 25.2 Å². The van der Waals surface area contributed by atoms with Crippen molar-refractivity contribution in [1.29, 1.82) is 0 Å². The van der Waals surface area contributed by atoms with E-state index in [0.29, 0.717) is 22.8 Å². The first-order chi connectivity index (χ1) is 13.1. The molecule has 0 aromatic heterocycles. The Morgan fingerprint density at radius 3 is 2.32 bits per heavy atom. The summed E-state index contributed by atoms with van der Waals surface area (Å²) in [5, 5.41) is 32.0. The summed E-state index contributed by atoms with van der Waals surface area (Å²) < 4.78 is 21.3. The van der Waals surface area contributed by atoms with E-state index in [1.807, 2.05) is 0 Å². The molecular weight excluding hydrogens is 384 g/mol. The van der Waals surface area contributed by atoms with Crippen LogP contribution >= 0.6 is 0 Å². The van der Waals surface area contributed by atoms with E-state index in [1.54, 1.807) is 12.1 Å². The summed E-state index contributed by atoms with van der Waals surface area (Å²) in [6.45, 7) is 6.21. The lowest BCUT2D eigenvalue weighted by atomic mass is 9.70. The van der Waals surface area contributed by atoms with Gasteiger partial charge in [0.15, 0.2) is 11.5 Å². The van der Waals surface area contributed by atoms with Crippen molar-refractivity contribution in [2.75, 3.05) is 21.0 Å². The molecule has 0 bridgehead atoms. The van der Waals surface area contributed by atoms with Gasteiger partial charge in [-0.1, -0.05) is 19.6 Å². The molecule has 3 rings (SSSR count). The lowest BCUT2D eigenvalue weighted by Gasteiger charge is -2.49. The predicted octanol–water partition coefficient (Wildman–Crippen LogP) is 1.10. The summed E-state index contributed by atoms with van der Waals surface area (Å²) in [6.07, 6.45) is -4.08. The molecule has 2 aliphatic rings. The molecule has 1 aliphatic heterocycles. The van der Waals surface area contributed by atoms with Gasteiger partial charge >= 0.3 is 5.97 Å². The molecule has 1 aromatic rings. The molecule has 9 heteroatoms. The van der Waals surface area contributed by atoms with E-state index in [9.17, 15) is 20.1 Å². The Kier molecular flexibility index (Phi) is 5.64. The molecule has 3 N–H and O–H groups in total. The molecule has 1 aromatic carbocycles. The predicted molar refractivity (Wildman–Crippen MR) is 102 cm³/mol. The third-order valence-electron chi connectivity index (χ3n) is 5.75. The second-order valence-electron chi connectivity index (χ2n) is 8.40. The maximum atomic E-state index is 12.6. The molecule has 1 heterocycles. The van der Waals surface area contributed by atoms with E-state index in [0.717, 1.165) is 0 Å². The molecule has 0 radical (unpaired) electrons. The summed E-state index contributed by atoms with van der Waals surface area (Å²) in [4.78, 5) is 12.6. The first kappa shape index (κ1) is 20.9. The van der Waals surface area contributed by atoms with Crippen molar-refractivity contribution >= 4 is 14.0 Å². The standard InChI is InChI=1S/C19H28O8Si/c1-24-10-6-9(7-11-17(10)27-8-26-11)12-13(19(23)25-2)14(20)15(21)16(22)18(12)28(3,4)5/h6-7,12-16,18,20-22H,8H2,1-5H3/t12-,13-,14+,15+,16-,18+/m1/s1. The monoisotopic (exact) mass is 412 g/mol. The number of fused-ring (bicyclic) bond motifs is 1. The van der Waals surface area contributed by atoms with Crippen LogP contribution in [0.3, 0.4) is 0 Å². The molecule has 156 valence electrons. The average Bonchev–Trinajstić information content (AvgIpc) is 3.11. The number of methoxy groups -OCH3 is 2. The zero-order valence-electron chi connectivity index (χ0n) is 16.7. The molecule has 0 amide bonds. The fourth-order valence-corrected chi connectivity index (χ4v) is 7.20. The lowest BCUT2D eigenvalue weighted by molar-refractivity contribution is -0.166. The third-order valence-corrected chi connectivity index (χ3v) is 8.45. The van der Waals surface area contributed by atoms with Crippen LogP contribution in [0.5, 0.6) is 17.2 Å². The fraction of sp³-hybridized carbons (Fsp3) is 0.632. The van der Waals surface area contributed by atoms with Gasteiger partial charge in [-0.3, -0.25) is 4.79 Å². The minimum atomic E-state index is -2.13. The molecule has 1 saturated carbocycles. The van der Waals surface area contributed by atoms with Crippen molar-refractivity contribution < 1.29 is 39.1 Å². The van der Waals surface area contributed by atoms with E-state index in [2.05, 4.69) is 19.6 Å². The zero-order valence-corrected chi connectivity index (χ0v) is 17.7. The number of aliphatic hydroxyl groups excluding tert-OH is 3. The Balaban J connectivity index is 2.20. The molecule has 1 fully saturated rings. The molecular formula is C19H28O8Si. The third kappa shape index (κ3) is 3.36. The summed E-state index contributed by atoms with van der Waals surface area (Å²) >= 11 is 0. The van der Waals surface area contributed by atoms with E-state index in [4.69, 9.17) is 18.9 Å². The number of hydrogen-bond donors (Lipinski definition) is 3. The van der Waals surface area contributed by atoms with Crippen molar-refractivity contribution in [3.63, 3.8) is 0 Å². The van der Waals surface area contributed by atoms with Gasteiger partial charge in [-0.05, 0) is 23.2 Å². The summed E-state index contributed by atoms with van der Waals surface area (Å²) in [5.74, 6) is -0.868. The second-order valence-corrected chi connectivity index (χ2v) is 13.8. The van der Waals surface area contributed by atoms with E-state index in [-0.39, 0.29) is 6.79 Å². The average molecular weight is 413 g/mol. The van der Waals surface area contributed by atoms with Crippen LogP contribution < -0.4 is 14.2 Å². The highest BCUT2D eigenvalue weighted by atomic mass is 28.3. The highest BCUT2D eigenvalue weighted by Crippen LogP contribution is 2.53. The molecule has 0 unspecified atom stereocenters. The minimum Gasteiger partial charge on any atom is -0.493 e. The van der Waals surface area contributed by atoms with E-state index >= 15 is 0 Å². The van der Waals surface area contributed by atoms with Crippen molar-refractivity contribution in [1.82, 2.24) is 0 Å². The Hall–Kier alpha value is -1.81. The number of carbonyl (C=O) groups is 1. The number of carbonyl (C=O) groups excluding carboxylic acids is 1. The van der Waals surface area contributed by atoms with Crippen molar-refractivity contribution in [2.24, 2.45) is 5.92 Å². The Morgan fingerprint density at radius 2 is 1.75 bits per heavy atom. The van der Waals surface area contributed by atoms with E-state index < -0.39 is 49.7 Å². The topological polar surface area (TPSA) is 115 Å². The van der Waals surface area contributed by atoms with Crippen LogP contribution in [0.1, 0.15) is 11.5 Å². The maximum absolute atomic E-state index is 12.6. The second kappa shape index (κ2) is 7.55. The summed E-state index contributed by atoms with van der Waals surface area (Å²) in [5.41, 5.74) is 0.244. The molecule has 0 saturated heterocycles. The van der Waals surface area contributed by atoms with E-state index in [1.165, 1.54) is 14.2 Å². The first-order valence-electron chi connectivity index (χ1n) is 9.21. The number of hydrogen-bond acceptors (Lipinski definition) is 8. The van der Waals surface area contributed by atoms with Gasteiger partial charge in [0.05, 0.1) is 40.4 Å². The SMILES string of the molecule is COC(=O)[C@H]1[C@H](O)[C@H](O)[C@@H](O)[C@@H]([Si](C)(C)C)[C@@H]1c1cc(OC)c2c(c1)OCO2. The smallest absolute Gasteiger partial charge is 0.312 e. The van der Waals surface area contributed by atoms with Gasteiger partial charge in [-0.15, -0.1) is 0 Å². The molecule has 1 aliphatic carbocycles. The van der Waals surface area contributed by atoms with Crippen molar-refractivity contribution in [2.45, 2.75) is 49.4 Å². The first-order valence-corrected chi connectivity index (χ1v) is 12.8. The van der Waals surface area contributed by atoms with Gasteiger partial charge < -0.3 is 34.3 Å². The molecule has 8 nitrogen and oxygen atoms in total. The van der Waals surface area contributed by atoms with Crippen LogP contribution in [-0.2, 0) is 9.53 Å². The van der Waals surface area contributed by atoms with Gasteiger partial charge in [0.2, 0.25) is 12.5 Å². The molecule has 0 spiro atoms. The number of benzene rings is 1. The van der Waals surface area contributed by atoms with Gasteiger partial charge in [0.1, 0.15) is 6.10 Å². The Labute approximate surface area is 165 Å². The number of esters is 1. The van der Waals surface area contributed by atoms with Crippen molar-refractivity contribution in [3.05, 3.63) is 17.7 Å². The molecule has 6 atom stereocenters. The van der Waals surface area contributed by atoms with Gasteiger partial charge in [0.25, 0.3) is 0 Å². The van der Waals surface area contributed by atoms with Crippen LogP contribution in [0.25, 0.3) is 0 Å². The highest BCUT2D eigenvalue weighted by Gasteiger charge is 2.56. The minimum absolute atomic E-state index is 0.0572. The summed E-state index contributed by atoms with van der Waals surface area (Å²) in [6, 6.07) is 3.48. The highest BCUT2D eigenvalue weighted by molar-refractivity contribution is 6.78. The van der Waals surface area contributed by atoms with Gasteiger partial charge in [-0.25, -0.2) is 0 Å². The normalized spacial score (nSPS) is 32.1. The number of rotatable bonds is 4. The van der Waals surface area contributed by atoms with Crippen LogP contribution in [-0.4, -0.2) is 68.7 Å². The summed E-state index contributed by atoms with van der Waals surface area (Å²) in [7, 11) is 0.614. The Bertz CT molecular complexity index is 746. The maximum Gasteiger partial charge on any atom is 0.312 e. The van der Waals surface area contributed by atoms with Crippen LogP contribution in [0.4, 0.5) is 0 Å². The zero-order chi connectivity index (χ0) is 20.8. The number of ether oxygens (including phenoxy) is 4.